The smallest absolute Gasteiger partial charge is 0.140 e. The molecule has 0 radical (unpaired) electrons. The van der Waals surface area contributed by atoms with Crippen LogP contribution >= 0.6 is 22.9 Å². The van der Waals surface area contributed by atoms with E-state index in [1.807, 2.05) is 5.38 Å². The van der Waals surface area contributed by atoms with Gasteiger partial charge in [-0.25, -0.2) is 9.37 Å². The molecule has 0 aliphatic heterocycles. The Morgan fingerprint density at radius 2 is 2.06 bits per heavy atom. The van der Waals surface area contributed by atoms with Crippen molar-refractivity contribution in [3.8, 4) is 0 Å². The van der Waals surface area contributed by atoms with E-state index in [-0.39, 0.29) is 5.82 Å². The second kappa shape index (κ2) is 5.47. The third-order valence-electron chi connectivity index (χ3n) is 2.42. The highest BCUT2D eigenvalue weighted by Gasteiger charge is 2.08. The number of hydrogen-bond donors (Lipinski definition) is 0. The summed E-state index contributed by atoms with van der Waals surface area (Å²) in [7, 11) is 0. The van der Waals surface area contributed by atoms with Crippen LogP contribution in [-0.4, -0.2) is 11.5 Å². The Balaban J connectivity index is 2.13. The van der Waals surface area contributed by atoms with Crippen molar-refractivity contribution in [1.29, 1.82) is 0 Å². The Morgan fingerprint density at radius 3 is 2.59 bits per heavy atom. The second-order valence-electron chi connectivity index (χ2n) is 3.55. The van der Waals surface area contributed by atoms with E-state index < -0.39 is 0 Å². The molecule has 2 aromatic rings. The number of benzene rings is 1. The van der Waals surface area contributed by atoms with Gasteiger partial charge in [0.25, 0.3) is 0 Å². The van der Waals surface area contributed by atoms with Crippen molar-refractivity contribution in [1.82, 2.24) is 4.98 Å². The fourth-order valence-electron chi connectivity index (χ4n) is 1.56. The van der Waals surface area contributed by atoms with Gasteiger partial charge in [-0.1, -0.05) is 11.6 Å². The molecule has 0 aliphatic carbocycles. The summed E-state index contributed by atoms with van der Waals surface area (Å²) in [6.07, 6.45) is 0. The van der Waals surface area contributed by atoms with E-state index in [1.165, 1.54) is 23.5 Å². The number of aromatic nitrogens is 1. The van der Waals surface area contributed by atoms with Crippen LogP contribution in [0.4, 0.5) is 10.1 Å². The van der Waals surface area contributed by atoms with Gasteiger partial charge in [-0.3, -0.25) is 0 Å². The highest BCUT2D eigenvalue weighted by Crippen LogP contribution is 2.20. The van der Waals surface area contributed by atoms with Gasteiger partial charge in [-0.05, 0) is 31.2 Å². The third kappa shape index (κ3) is 3.17. The fraction of sp³-hybridized carbons (Fsp3) is 0.250. The van der Waals surface area contributed by atoms with Gasteiger partial charge in [0.05, 0.1) is 6.54 Å². The molecule has 0 aliphatic rings. The van der Waals surface area contributed by atoms with Gasteiger partial charge in [0, 0.05) is 17.6 Å². The maximum Gasteiger partial charge on any atom is 0.140 e. The van der Waals surface area contributed by atoms with Crippen molar-refractivity contribution in [3.05, 3.63) is 45.6 Å². The van der Waals surface area contributed by atoms with Crippen LogP contribution in [0.15, 0.2) is 29.6 Å². The second-order valence-corrected chi connectivity index (χ2v) is 4.88. The summed E-state index contributed by atoms with van der Waals surface area (Å²) in [6.45, 7) is 3.58. The Hall–Kier alpha value is -1.13. The number of thiazole rings is 1. The predicted octanol–water partition coefficient (Wildman–Crippen LogP) is 3.96. The Bertz CT molecular complexity index is 484. The molecule has 2 nitrogen and oxygen atoms in total. The summed E-state index contributed by atoms with van der Waals surface area (Å²) < 4.78 is 12.8. The van der Waals surface area contributed by atoms with Crippen LogP contribution in [-0.2, 0) is 6.54 Å². The van der Waals surface area contributed by atoms with E-state index >= 15 is 0 Å². The minimum Gasteiger partial charge on any atom is -0.365 e. The van der Waals surface area contributed by atoms with Gasteiger partial charge in [-0.2, -0.15) is 0 Å². The molecule has 1 aromatic heterocycles. The van der Waals surface area contributed by atoms with E-state index in [0.29, 0.717) is 11.7 Å². The molecule has 0 saturated heterocycles. The van der Waals surface area contributed by atoms with Crippen molar-refractivity contribution in [2.75, 3.05) is 11.4 Å². The largest absolute Gasteiger partial charge is 0.365 e. The van der Waals surface area contributed by atoms with E-state index in [4.69, 9.17) is 11.6 Å². The summed E-state index contributed by atoms with van der Waals surface area (Å²) in [4.78, 5) is 6.33. The first kappa shape index (κ1) is 12.3. The van der Waals surface area contributed by atoms with Crippen LogP contribution < -0.4 is 4.90 Å². The van der Waals surface area contributed by atoms with Gasteiger partial charge < -0.3 is 4.90 Å². The van der Waals surface area contributed by atoms with Gasteiger partial charge in [0.1, 0.15) is 16.0 Å². The zero-order valence-electron chi connectivity index (χ0n) is 9.36. The molecule has 0 saturated carbocycles. The lowest BCUT2D eigenvalue weighted by molar-refractivity contribution is 0.627. The normalized spacial score (nSPS) is 10.5. The highest BCUT2D eigenvalue weighted by atomic mass is 35.5. The van der Waals surface area contributed by atoms with Gasteiger partial charge in [-0.15, -0.1) is 11.3 Å². The zero-order valence-corrected chi connectivity index (χ0v) is 10.9. The van der Waals surface area contributed by atoms with Crippen LogP contribution in [0.5, 0.6) is 0 Å². The van der Waals surface area contributed by atoms with Crippen LogP contribution in [0.2, 0.25) is 5.15 Å². The Kier molecular flexibility index (Phi) is 3.97. The molecule has 0 atom stereocenters. The van der Waals surface area contributed by atoms with Crippen LogP contribution in [0.3, 0.4) is 0 Å². The van der Waals surface area contributed by atoms with Gasteiger partial charge in [0.15, 0.2) is 0 Å². The predicted molar refractivity (Wildman–Crippen MR) is 70.2 cm³/mol. The first-order valence-electron chi connectivity index (χ1n) is 5.29. The highest BCUT2D eigenvalue weighted by molar-refractivity contribution is 7.10. The molecule has 5 heteroatoms. The van der Waals surface area contributed by atoms with Crippen molar-refractivity contribution in [2.45, 2.75) is 13.5 Å². The summed E-state index contributed by atoms with van der Waals surface area (Å²) in [5.74, 6) is -0.220. The van der Waals surface area contributed by atoms with E-state index in [0.717, 1.165) is 17.2 Å². The maximum atomic E-state index is 12.8. The van der Waals surface area contributed by atoms with Crippen LogP contribution in [0, 0.1) is 5.82 Å². The molecule has 90 valence electrons. The SMILES string of the molecule is CCN(Cc1nc(Cl)cs1)c1ccc(F)cc1. The molecule has 0 spiro atoms. The number of rotatable bonds is 4. The average Bonchev–Trinajstić information content (AvgIpc) is 2.73. The number of nitrogens with zero attached hydrogens (tertiary/aromatic N) is 2. The van der Waals surface area contributed by atoms with E-state index in [1.54, 1.807) is 12.1 Å². The van der Waals surface area contributed by atoms with E-state index in [2.05, 4.69) is 16.8 Å². The summed E-state index contributed by atoms with van der Waals surface area (Å²) in [6, 6.07) is 6.47. The number of anilines is 1. The minimum absolute atomic E-state index is 0.220. The molecule has 0 fully saturated rings. The van der Waals surface area contributed by atoms with Crippen molar-refractivity contribution < 1.29 is 4.39 Å². The molecule has 1 aromatic carbocycles. The zero-order chi connectivity index (χ0) is 12.3. The van der Waals surface area contributed by atoms with Gasteiger partial charge in [0.2, 0.25) is 0 Å². The van der Waals surface area contributed by atoms with Crippen LogP contribution in [0.1, 0.15) is 11.9 Å². The van der Waals surface area contributed by atoms with E-state index in [9.17, 15) is 4.39 Å². The third-order valence-corrected chi connectivity index (χ3v) is 3.58. The quantitative estimate of drug-likeness (QED) is 0.836. The summed E-state index contributed by atoms with van der Waals surface area (Å²) >= 11 is 7.32. The Morgan fingerprint density at radius 1 is 1.35 bits per heavy atom. The van der Waals surface area contributed by atoms with Crippen molar-refractivity contribution in [2.24, 2.45) is 0 Å². The topological polar surface area (TPSA) is 16.1 Å². The first-order valence-corrected chi connectivity index (χ1v) is 6.55. The number of hydrogen-bond acceptors (Lipinski definition) is 3. The number of halogens is 2. The minimum atomic E-state index is -0.220. The molecular formula is C12H12ClFN2S. The molecule has 0 unspecified atom stereocenters. The molecule has 17 heavy (non-hydrogen) atoms. The molecule has 2 rings (SSSR count). The summed E-state index contributed by atoms with van der Waals surface area (Å²) in [5.41, 5.74) is 0.986. The first-order chi connectivity index (χ1) is 8.19. The molecule has 1 heterocycles. The van der Waals surface area contributed by atoms with Crippen LogP contribution in [0.25, 0.3) is 0 Å². The van der Waals surface area contributed by atoms with Crippen molar-refractivity contribution >= 4 is 28.6 Å². The van der Waals surface area contributed by atoms with Gasteiger partial charge >= 0.3 is 0 Å². The van der Waals surface area contributed by atoms with Crippen molar-refractivity contribution in [3.63, 3.8) is 0 Å². The lowest BCUT2D eigenvalue weighted by atomic mass is 10.3. The lowest BCUT2D eigenvalue weighted by Crippen LogP contribution is -2.21. The summed E-state index contributed by atoms with van der Waals surface area (Å²) in [5, 5.41) is 3.30. The molecule has 0 amide bonds. The lowest BCUT2D eigenvalue weighted by Gasteiger charge is -2.21. The standard InChI is InChI=1S/C12H12ClFN2S/c1-2-16(7-12-15-11(13)8-17-12)10-5-3-9(14)4-6-10/h3-6,8H,2,7H2,1H3. The monoisotopic (exact) mass is 270 g/mol. The molecular weight excluding hydrogens is 259 g/mol. The molecule has 0 N–H and O–H groups in total. The molecule has 0 bridgehead atoms. The fourth-order valence-corrected chi connectivity index (χ4v) is 2.52. The average molecular weight is 271 g/mol. The Labute approximate surface area is 109 Å². The maximum absolute atomic E-state index is 12.8.